The summed E-state index contributed by atoms with van der Waals surface area (Å²) in [4.78, 5) is 0. The lowest BCUT2D eigenvalue weighted by molar-refractivity contribution is 0.568. The molecule has 0 fully saturated rings. The molecule has 0 amide bonds. The number of halogens is 4. The molecule has 0 N–H and O–H groups in total. The van der Waals surface area contributed by atoms with Crippen LogP contribution in [0.1, 0.15) is 0 Å². The number of benzene rings is 2. The molecule has 0 radical (unpaired) electrons. The van der Waals surface area contributed by atoms with Crippen LogP contribution in [0, 0.1) is 0 Å². The van der Waals surface area contributed by atoms with E-state index in [-0.39, 0.29) is 0 Å². The van der Waals surface area contributed by atoms with Gasteiger partial charge in [0, 0.05) is 18.8 Å². The third-order valence-electron chi connectivity index (χ3n) is 3.41. The molecule has 0 saturated carbocycles. The summed E-state index contributed by atoms with van der Waals surface area (Å²) in [6.07, 6.45) is 0. The summed E-state index contributed by atoms with van der Waals surface area (Å²) >= 11 is 14.3. The first-order valence-corrected chi connectivity index (χ1v) is 9.48. The van der Waals surface area contributed by atoms with Gasteiger partial charge < -0.3 is 8.83 Å². The van der Waals surface area contributed by atoms with Gasteiger partial charge in [-0.3, -0.25) is 0 Å². The van der Waals surface area contributed by atoms with Gasteiger partial charge in [0.1, 0.15) is 11.2 Å². The molecule has 0 unspecified atom stereocenters. The van der Waals surface area contributed by atoms with E-state index in [1.807, 2.05) is 36.4 Å². The minimum absolute atomic E-state index is 0.678. The second-order valence-electron chi connectivity index (χ2n) is 4.75. The van der Waals surface area contributed by atoms with Crippen molar-refractivity contribution in [3.8, 4) is 11.5 Å². The van der Waals surface area contributed by atoms with Crippen molar-refractivity contribution in [3.05, 3.63) is 54.3 Å². The van der Waals surface area contributed by atoms with Crippen molar-refractivity contribution in [2.24, 2.45) is 0 Å². The van der Waals surface area contributed by atoms with E-state index in [1.165, 1.54) is 0 Å². The summed E-state index contributed by atoms with van der Waals surface area (Å²) in [6, 6.07) is 11.8. The molecule has 4 rings (SSSR count). The van der Waals surface area contributed by atoms with Crippen molar-refractivity contribution < 1.29 is 8.83 Å². The highest BCUT2D eigenvalue weighted by molar-refractivity contribution is 9.14. The summed E-state index contributed by atoms with van der Waals surface area (Å²) in [6.45, 7) is 0. The third-order valence-corrected chi connectivity index (χ3v) is 7.47. The molecule has 2 aromatic heterocycles. The number of para-hydroxylation sites is 1. The van der Waals surface area contributed by atoms with Crippen molar-refractivity contribution in [1.82, 2.24) is 0 Å². The van der Waals surface area contributed by atoms with E-state index < -0.39 is 0 Å². The number of fused-ring (bicyclic) bond motifs is 2. The lowest BCUT2D eigenvalue weighted by atomic mass is 10.2. The Hall–Kier alpha value is -0.560. The van der Waals surface area contributed by atoms with Crippen molar-refractivity contribution in [2.75, 3.05) is 0 Å². The third kappa shape index (κ3) is 2.23. The Balaban J connectivity index is 2.03. The van der Waals surface area contributed by atoms with E-state index >= 15 is 0 Å². The van der Waals surface area contributed by atoms with Gasteiger partial charge in [0.25, 0.3) is 0 Å². The van der Waals surface area contributed by atoms with Crippen LogP contribution in [0.25, 0.3) is 33.5 Å². The minimum atomic E-state index is 0.678. The Bertz CT molecular complexity index is 997. The molecule has 0 saturated heterocycles. The lowest BCUT2D eigenvalue weighted by Crippen LogP contribution is -1.75. The molecule has 2 aromatic carbocycles. The fraction of sp³-hybridized carbons (Fsp3) is 0. The van der Waals surface area contributed by atoms with Gasteiger partial charge in [-0.1, -0.05) is 18.2 Å². The van der Waals surface area contributed by atoms with E-state index in [9.17, 15) is 0 Å². The predicted molar refractivity (Wildman–Crippen MR) is 102 cm³/mol. The maximum atomic E-state index is 6.01. The molecule has 0 bridgehead atoms. The minimum Gasteiger partial charge on any atom is -0.453 e. The summed E-state index contributed by atoms with van der Waals surface area (Å²) in [5, 5.41) is 2.01. The van der Waals surface area contributed by atoms with Crippen LogP contribution in [0.4, 0.5) is 0 Å². The zero-order valence-electron chi connectivity index (χ0n) is 10.8. The number of hydrogen-bond donors (Lipinski definition) is 0. The zero-order valence-corrected chi connectivity index (χ0v) is 17.1. The maximum absolute atomic E-state index is 6.01. The first-order valence-electron chi connectivity index (χ1n) is 6.30. The standard InChI is InChI=1S/C16H6Br4O2/c17-8-6-10-12(14(19)13(8)18)15(20)16(22-10)11-5-7-3-1-2-4-9(7)21-11/h1-6H. The SMILES string of the molecule is Brc1cc2oc(-c3cc4ccccc4o3)c(Br)c2c(Br)c1Br. The molecule has 0 atom stereocenters. The lowest BCUT2D eigenvalue weighted by Gasteiger charge is -2.00. The van der Waals surface area contributed by atoms with Crippen LogP contribution >= 0.6 is 63.7 Å². The van der Waals surface area contributed by atoms with Gasteiger partial charge in [-0.05, 0) is 81.9 Å². The Morgan fingerprint density at radius 3 is 2.27 bits per heavy atom. The zero-order chi connectivity index (χ0) is 15.4. The molecule has 2 nitrogen and oxygen atoms in total. The van der Waals surface area contributed by atoms with Gasteiger partial charge in [-0.2, -0.15) is 0 Å². The van der Waals surface area contributed by atoms with E-state index in [2.05, 4.69) is 63.7 Å². The first-order chi connectivity index (χ1) is 10.6. The highest BCUT2D eigenvalue weighted by Crippen LogP contribution is 2.46. The molecule has 0 aliphatic rings. The largest absolute Gasteiger partial charge is 0.453 e. The molecular formula is C16H6Br4O2. The monoisotopic (exact) mass is 546 g/mol. The Labute approximate surface area is 159 Å². The fourth-order valence-electron chi connectivity index (χ4n) is 2.38. The molecular weight excluding hydrogens is 544 g/mol. The van der Waals surface area contributed by atoms with Crippen LogP contribution < -0.4 is 0 Å². The van der Waals surface area contributed by atoms with E-state index in [4.69, 9.17) is 8.83 Å². The van der Waals surface area contributed by atoms with E-state index in [0.29, 0.717) is 11.5 Å². The summed E-state index contributed by atoms with van der Waals surface area (Å²) in [7, 11) is 0. The number of hydrogen-bond acceptors (Lipinski definition) is 2. The van der Waals surface area contributed by atoms with Crippen LogP contribution in [0.3, 0.4) is 0 Å². The molecule has 6 heteroatoms. The Kier molecular flexibility index (Phi) is 3.76. The summed E-state index contributed by atoms with van der Waals surface area (Å²) < 4.78 is 15.6. The van der Waals surface area contributed by atoms with Crippen LogP contribution in [-0.2, 0) is 0 Å². The van der Waals surface area contributed by atoms with Crippen LogP contribution in [0.5, 0.6) is 0 Å². The summed E-state index contributed by atoms with van der Waals surface area (Å²) in [5.41, 5.74) is 1.61. The number of furan rings is 2. The van der Waals surface area contributed by atoms with Crippen molar-refractivity contribution in [1.29, 1.82) is 0 Å². The normalized spacial score (nSPS) is 11.6. The molecule has 110 valence electrons. The highest BCUT2D eigenvalue weighted by atomic mass is 79.9. The Morgan fingerprint density at radius 1 is 0.727 bits per heavy atom. The van der Waals surface area contributed by atoms with Gasteiger partial charge in [0.05, 0.1) is 9.86 Å². The van der Waals surface area contributed by atoms with Crippen LogP contribution in [-0.4, -0.2) is 0 Å². The molecule has 0 aliphatic heterocycles. The van der Waals surface area contributed by atoms with Gasteiger partial charge in [0.2, 0.25) is 0 Å². The van der Waals surface area contributed by atoms with Crippen molar-refractivity contribution in [2.45, 2.75) is 0 Å². The molecule has 22 heavy (non-hydrogen) atoms. The first kappa shape index (κ1) is 15.0. The van der Waals surface area contributed by atoms with Crippen LogP contribution in [0.15, 0.2) is 63.1 Å². The Morgan fingerprint density at radius 2 is 1.50 bits per heavy atom. The molecule has 0 aliphatic carbocycles. The predicted octanol–water partition coefficient (Wildman–Crippen LogP) is 7.90. The van der Waals surface area contributed by atoms with Gasteiger partial charge in [-0.25, -0.2) is 0 Å². The second kappa shape index (κ2) is 5.51. The molecule has 2 heterocycles. The smallest absolute Gasteiger partial charge is 0.184 e. The van der Waals surface area contributed by atoms with Crippen LogP contribution in [0.2, 0.25) is 0 Å². The number of rotatable bonds is 1. The molecule has 0 spiro atoms. The van der Waals surface area contributed by atoms with E-state index in [0.717, 1.165) is 39.8 Å². The highest BCUT2D eigenvalue weighted by Gasteiger charge is 2.21. The van der Waals surface area contributed by atoms with Crippen molar-refractivity contribution in [3.63, 3.8) is 0 Å². The van der Waals surface area contributed by atoms with Gasteiger partial charge in [0.15, 0.2) is 11.5 Å². The molecule has 4 aromatic rings. The fourth-order valence-corrected chi connectivity index (χ4v) is 4.91. The van der Waals surface area contributed by atoms with Crippen molar-refractivity contribution >= 4 is 85.7 Å². The average Bonchev–Trinajstić information content (AvgIpc) is 3.06. The second-order valence-corrected chi connectivity index (χ2v) is 7.99. The quantitative estimate of drug-likeness (QED) is 0.226. The maximum Gasteiger partial charge on any atom is 0.184 e. The summed E-state index contributed by atoms with van der Waals surface area (Å²) in [5.74, 6) is 1.38. The van der Waals surface area contributed by atoms with Gasteiger partial charge >= 0.3 is 0 Å². The average molecular weight is 550 g/mol. The van der Waals surface area contributed by atoms with E-state index in [1.54, 1.807) is 0 Å². The topological polar surface area (TPSA) is 26.3 Å². The van der Waals surface area contributed by atoms with Gasteiger partial charge in [-0.15, -0.1) is 0 Å².